The molecular weight excluding hydrogens is 272 g/mol. The molecule has 2 heterocycles. The molecule has 0 aliphatic carbocycles. The lowest BCUT2D eigenvalue weighted by Gasteiger charge is -2.05. The lowest BCUT2D eigenvalue weighted by atomic mass is 10.3. The second-order valence-electron chi connectivity index (χ2n) is 4.01. The highest BCUT2D eigenvalue weighted by Gasteiger charge is 2.13. The van der Waals surface area contributed by atoms with E-state index in [1.807, 2.05) is 0 Å². The summed E-state index contributed by atoms with van der Waals surface area (Å²) in [6.07, 6.45) is 3.24. The maximum Gasteiger partial charge on any atom is 0.184 e. The van der Waals surface area contributed by atoms with Crippen LogP contribution < -0.4 is 0 Å². The molecule has 0 bridgehead atoms. The zero-order valence-corrected chi connectivity index (χ0v) is 10.5. The Kier molecular flexibility index (Phi) is 2.86. The van der Waals surface area contributed by atoms with Crippen LogP contribution in [0, 0.1) is 16.4 Å². The van der Waals surface area contributed by atoms with E-state index in [0.29, 0.717) is 23.4 Å². The number of imidazole rings is 1. The van der Waals surface area contributed by atoms with Gasteiger partial charge in [0.15, 0.2) is 16.4 Å². The minimum absolute atomic E-state index is 0.144. The van der Waals surface area contributed by atoms with Crippen LogP contribution in [0.4, 0.5) is 8.78 Å². The van der Waals surface area contributed by atoms with Crippen molar-refractivity contribution in [1.82, 2.24) is 24.5 Å². The van der Waals surface area contributed by atoms with Crippen molar-refractivity contribution in [3.63, 3.8) is 0 Å². The van der Waals surface area contributed by atoms with E-state index in [-0.39, 0.29) is 5.52 Å². The number of halogens is 2. The molecule has 0 aliphatic rings. The average Bonchev–Trinajstić information content (AvgIpc) is 2.99. The number of aromatic amines is 1. The van der Waals surface area contributed by atoms with Crippen LogP contribution in [-0.2, 0) is 13.1 Å². The lowest BCUT2D eigenvalue weighted by Crippen LogP contribution is -2.09. The van der Waals surface area contributed by atoms with Crippen molar-refractivity contribution in [1.29, 1.82) is 0 Å². The first-order chi connectivity index (χ1) is 9.16. The van der Waals surface area contributed by atoms with Crippen molar-refractivity contribution in [3.8, 4) is 0 Å². The molecule has 19 heavy (non-hydrogen) atoms. The van der Waals surface area contributed by atoms with Crippen LogP contribution in [0.25, 0.3) is 11.0 Å². The Morgan fingerprint density at radius 1 is 1.26 bits per heavy atom. The molecular formula is C11H9F2N5S. The second kappa shape index (κ2) is 4.54. The summed E-state index contributed by atoms with van der Waals surface area (Å²) >= 11 is 5.12. The van der Waals surface area contributed by atoms with E-state index in [9.17, 15) is 8.78 Å². The van der Waals surface area contributed by atoms with Gasteiger partial charge in [-0.05, 0) is 24.4 Å². The molecule has 5 nitrogen and oxygen atoms in total. The Labute approximate surface area is 111 Å². The first-order valence-electron chi connectivity index (χ1n) is 5.57. The summed E-state index contributed by atoms with van der Waals surface area (Å²) in [5.74, 6) is -1.79. The summed E-state index contributed by atoms with van der Waals surface area (Å²) in [6.45, 7) is 0.847. The van der Waals surface area contributed by atoms with Gasteiger partial charge in [0.2, 0.25) is 0 Å². The Bertz CT molecular complexity index is 774. The van der Waals surface area contributed by atoms with Crippen LogP contribution in [0.3, 0.4) is 0 Å². The molecule has 98 valence electrons. The number of H-pyrrole nitrogens is 1. The number of nitrogens with zero attached hydrogens (tertiary/aromatic N) is 4. The van der Waals surface area contributed by atoms with E-state index in [1.165, 1.54) is 10.6 Å². The van der Waals surface area contributed by atoms with E-state index < -0.39 is 11.6 Å². The number of aromatic nitrogens is 5. The zero-order chi connectivity index (χ0) is 13.4. The summed E-state index contributed by atoms with van der Waals surface area (Å²) in [4.78, 5) is 2.85. The van der Waals surface area contributed by atoms with Gasteiger partial charge in [-0.1, -0.05) is 5.21 Å². The van der Waals surface area contributed by atoms with E-state index in [1.54, 1.807) is 17.1 Å². The molecule has 0 unspecified atom stereocenters. The normalized spacial score (nSPS) is 11.3. The maximum atomic E-state index is 13.8. The lowest BCUT2D eigenvalue weighted by molar-refractivity contribution is 0.497. The Morgan fingerprint density at radius 3 is 2.84 bits per heavy atom. The van der Waals surface area contributed by atoms with Crippen molar-refractivity contribution in [2.75, 3.05) is 0 Å². The van der Waals surface area contributed by atoms with Gasteiger partial charge in [0.25, 0.3) is 0 Å². The van der Waals surface area contributed by atoms with Crippen LogP contribution in [-0.4, -0.2) is 24.5 Å². The predicted molar refractivity (Wildman–Crippen MR) is 67.1 cm³/mol. The highest BCUT2D eigenvalue weighted by atomic mass is 32.1. The van der Waals surface area contributed by atoms with Crippen LogP contribution in [0.5, 0.6) is 0 Å². The molecule has 3 rings (SSSR count). The second-order valence-corrected chi connectivity index (χ2v) is 4.39. The van der Waals surface area contributed by atoms with Gasteiger partial charge in [-0.3, -0.25) is 4.68 Å². The molecule has 0 saturated carbocycles. The minimum Gasteiger partial charge on any atom is -0.330 e. The van der Waals surface area contributed by atoms with Crippen LogP contribution in [0.2, 0.25) is 0 Å². The van der Waals surface area contributed by atoms with Gasteiger partial charge in [0.05, 0.1) is 18.3 Å². The summed E-state index contributed by atoms with van der Waals surface area (Å²) in [6, 6.07) is 2.54. The fourth-order valence-electron chi connectivity index (χ4n) is 1.96. The number of benzene rings is 1. The standard InChI is InChI=1S/C11H9F2N5S/c12-7-1-2-8-10(9(7)13)18(11(19)15-8)6-5-17-4-3-14-16-17/h1-4H,5-6H2,(H,15,19). The van der Waals surface area contributed by atoms with Gasteiger partial charge in [-0.2, -0.15) is 0 Å². The fraction of sp³-hybridized carbons (Fsp3) is 0.182. The first-order valence-corrected chi connectivity index (χ1v) is 5.98. The molecule has 0 radical (unpaired) electrons. The van der Waals surface area contributed by atoms with Crippen LogP contribution in [0.15, 0.2) is 24.5 Å². The highest BCUT2D eigenvalue weighted by molar-refractivity contribution is 7.71. The fourth-order valence-corrected chi connectivity index (χ4v) is 2.25. The maximum absolute atomic E-state index is 13.8. The van der Waals surface area contributed by atoms with Gasteiger partial charge in [-0.25, -0.2) is 8.78 Å². The van der Waals surface area contributed by atoms with Gasteiger partial charge < -0.3 is 9.55 Å². The Hall–Kier alpha value is -2.09. The average molecular weight is 281 g/mol. The molecule has 1 N–H and O–H groups in total. The highest BCUT2D eigenvalue weighted by Crippen LogP contribution is 2.20. The monoisotopic (exact) mass is 281 g/mol. The van der Waals surface area contributed by atoms with Crippen molar-refractivity contribution in [3.05, 3.63) is 40.9 Å². The van der Waals surface area contributed by atoms with E-state index in [0.717, 1.165) is 6.07 Å². The Morgan fingerprint density at radius 2 is 2.11 bits per heavy atom. The molecule has 0 saturated heterocycles. The molecule has 0 aliphatic heterocycles. The van der Waals surface area contributed by atoms with Crippen LogP contribution >= 0.6 is 12.2 Å². The van der Waals surface area contributed by atoms with Gasteiger partial charge >= 0.3 is 0 Å². The van der Waals surface area contributed by atoms with E-state index in [4.69, 9.17) is 12.2 Å². The van der Waals surface area contributed by atoms with Gasteiger partial charge in [-0.15, -0.1) is 5.10 Å². The summed E-state index contributed by atoms with van der Waals surface area (Å²) in [5.41, 5.74) is 0.618. The van der Waals surface area contributed by atoms with E-state index >= 15 is 0 Å². The summed E-state index contributed by atoms with van der Waals surface area (Å²) in [5, 5.41) is 7.48. The molecule has 1 aromatic carbocycles. The molecule has 3 aromatic rings. The van der Waals surface area contributed by atoms with Gasteiger partial charge in [0, 0.05) is 12.7 Å². The first kappa shape index (κ1) is 12.0. The number of hydrogen-bond acceptors (Lipinski definition) is 3. The summed E-state index contributed by atoms with van der Waals surface area (Å²) < 4.78 is 30.6. The molecule has 0 atom stereocenters. The summed E-state index contributed by atoms with van der Waals surface area (Å²) in [7, 11) is 0. The number of rotatable bonds is 3. The quantitative estimate of drug-likeness (QED) is 0.749. The molecule has 8 heteroatoms. The number of fused-ring (bicyclic) bond motifs is 1. The Balaban J connectivity index is 2.05. The van der Waals surface area contributed by atoms with Crippen molar-refractivity contribution < 1.29 is 8.78 Å². The van der Waals surface area contributed by atoms with Crippen molar-refractivity contribution >= 4 is 23.3 Å². The predicted octanol–water partition coefficient (Wildman–Crippen LogP) is 2.27. The largest absolute Gasteiger partial charge is 0.330 e. The van der Waals surface area contributed by atoms with Crippen molar-refractivity contribution in [2.45, 2.75) is 13.1 Å². The number of aryl methyl sites for hydroxylation is 2. The topological polar surface area (TPSA) is 51.4 Å². The zero-order valence-electron chi connectivity index (χ0n) is 9.68. The number of hydrogen-bond donors (Lipinski definition) is 1. The third kappa shape index (κ3) is 2.03. The SMILES string of the molecule is Fc1ccc2[nH]c(=S)n(CCn3ccnn3)c2c1F. The minimum atomic E-state index is -0.900. The number of nitrogens with one attached hydrogen (secondary N) is 1. The smallest absolute Gasteiger partial charge is 0.184 e. The molecule has 2 aromatic heterocycles. The third-order valence-electron chi connectivity index (χ3n) is 2.85. The molecule has 0 fully saturated rings. The molecule has 0 amide bonds. The van der Waals surface area contributed by atoms with E-state index in [2.05, 4.69) is 15.3 Å². The molecule has 0 spiro atoms. The van der Waals surface area contributed by atoms with Crippen LogP contribution in [0.1, 0.15) is 0 Å². The van der Waals surface area contributed by atoms with Crippen molar-refractivity contribution in [2.24, 2.45) is 0 Å². The van der Waals surface area contributed by atoms with Gasteiger partial charge in [0.1, 0.15) is 5.52 Å². The third-order valence-corrected chi connectivity index (χ3v) is 3.17.